The molecule has 0 spiro atoms. The van der Waals surface area contributed by atoms with Gasteiger partial charge in [-0.05, 0) is 39.8 Å². The predicted molar refractivity (Wildman–Crippen MR) is 143 cm³/mol. The van der Waals surface area contributed by atoms with Crippen LogP contribution in [-0.4, -0.2) is 81.4 Å². The van der Waals surface area contributed by atoms with E-state index in [-0.39, 0.29) is 24.5 Å². The quantitative estimate of drug-likeness (QED) is 0.428. The van der Waals surface area contributed by atoms with E-state index in [0.717, 1.165) is 22.8 Å². The average molecular weight is 522 g/mol. The highest BCUT2D eigenvalue weighted by Gasteiger charge is 2.34. The fourth-order valence-corrected chi connectivity index (χ4v) is 4.22. The minimum absolute atomic E-state index is 0.132. The highest BCUT2D eigenvalue weighted by atomic mass is 16.6. The molecule has 1 atom stereocenters. The minimum Gasteiger partial charge on any atom is -0.492 e. The first-order valence-electron chi connectivity index (χ1n) is 12.8. The maximum Gasteiger partial charge on any atom is 0.410 e. The van der Waals surface area contributed by atoms with Gasteiger partial charge in [0.25, 0.3) is 0 Å². The molecule has 2 amide bonds. The lowest BCUT2D eigenvalue weighted by Gasteiger charge is -2.41. The topological polar surface area (TPSA) is 115 Å². The molecule has 1 unspecified atom stereocenters. The Morgan fingerprint density at radius 2 is 1.92 bits per heavy atom. The van der Waals surface area contributed by atoms with Crippen molar-refractivity contribution in [2.24, 2.45) is 0 Å². The lowest BCUT2D eigenvalue weighted by Crippen LogP contribution is -2.57. The lowest BCUT2D eigenvalue weighted by atomic mass is 10.1. The molecule has 3 aromatic rings. The number of imidazole rings is 1. The molecule has 0 aliphatic carbocycles. The summed E-state index contributed by atoms with van der Waals surface area (Å²) in [5, 5.41) is 2.91. The molecule has 11 nitrogen and oxygen atoms in total. The Morgan fingerprint density at radius 3 is 2.63 bits per heavy atom. The van der Waals surface area contributed by atoms with Gasteiger partial charge in [-0.25, -0.2) is 14.8 Å². The van der Waals surface area contributed by atoms with Gasteiger partial charge in [0.2, 0.25) is 11.9 Å². The molecule has 38 heavy (non-hydrogen) atoms. The second-order valence-corrected chi connectivity index (χ2v) is 9.58. The van der Waals surface area contributed by atoms with E-state index in [4.69, 9.17) is 14.5 Å². The number of amides is 2. The Hall–Kier alpha value is -4.15. The summed E-state index contributed by atoms with van der Waals surface area (Å²) >= 11 is 0. The van der Waals surface area contributed by atoms with E-state index in [1.165, 1.54) is 0 Å². The van der Waals surface area contributed by atoms with Crippen molar-refractivity contribution < 1.29 is 19.1 Å². The van der Waals surface area contributed by atoms with Crippen molar-refractivity contribution in [3.63, 3.8) is 0 Å². The van der Waals surface area contributed by atoms with Crippen LogP contribution in [0.2, 0.25) is 0 Å². The van der Waals surface area contributed by atoms with Gasteiger partial charge in [-0.2, -0.15) is 4.98 Å². The Morgan fingerprint density at radius 1 is 1.13 bits per heavy atom. The number of ether oxygens (including phenoxy) is 2. The van der Waals surface area contributed by atoms with Crippen LogP contribution in [0.1, 0.15) is 31.5 Å². The van der Waals surface area contributed by atoms with Crippen LogP contribution < -0.4 is 15.0 Å². The van der Waals surface area contributed by atoms with Crippen LogP contribution in [0.25, 0.3) is 5.95 Å². The van der Waals surface area contributed by atoms with E-state index in [0.29, 0.717) is 38.7 Å². The molecule has 0 saturated carbocycles. The highest BCUT2D eigenvalue weighted by molar-refractivity contribution is 5.78. The molecular formula is C27H35N7O4. The van der Waals surface area contributed by atoms with Crippen molar-refractivity contribution in [1.29, 1.82) is 0 Å². The van der Waals surface area contributed by atoms with Crippen LogP contribution >= 0.6 is 0 Å². The highest BCUT2D eigenvalue weighted by Crippen LogP contribution is 2.22. The van der Waals surface area contributed by atoms with E-state index < -0.39 is 6.09 Å². The number of aryl methyl sites for hydroxylation is 2. The van der Waals surface area contributed by atoms with Crippen molar-refractivity contribution in [3.8, 4) is 11.7 Å². The minimum atomic E-state index is -0.418. The molecular weight excluding hydrogens is 486 g/mol. The number of piperazine rings is 1. The number of nitrogens with one attached hydrogen (secondary N) is 1. The molecule has 1 aliphatic rings. The van der Waals surface area contributed by atoms with Crippen molar-refractivity contribution in [1.82, 2.24) is 29.7 Å². The third kappa shape index (κ3) is 7.21. The third-order valence-corrected chi connectivity index (χ3v) is 6.08. The van der Waals surface area contributed by atoms with Crippen LogP contribution in [-0.2, 0) is 9.53 Å². The second-order valence-electron chi connectivity index (χ2n) is 9.58. The number of rotatable bonds is 9. The number of hydrogen-bond acceptors (Lipinski definition) is 8. The summed E-state index contributed by atoms with van der Waals surface area (Å²) in [5.74, 6) is 1.84. The lowest BCUT2D eigenvalue weighted by molar-refractivity contribution is -0.122. The van der Waals surface area contributed by atoms with Gasteiger partial charge in [-0.1, -0.05) is 17.7 Å². The standard InChI is InChI=1S/C27H35N7O4/c1-19(2)38-27(36)34-13-12-32(24-15-21(4)30-26(31-24)33-11-9-28-18-33)17-22(34)16-25(35)29-10-14-37-23-7-5-20(3)6-8-23/h5-9,11,15,18-19,22H,10,12-14,16-17H2,1-4H3,(H,29,35). The van der Waals surface area contributed by atoms with Crippen LogP contribution in [0.4, 0.5) is 10.6 Å². The number of aromatic nitrogens is 4. The zero-order chi connectivity index (χ0) is 27.1. The van der Waals surface area contributed by atoms with Crippen LogP contribution in [0, 0.1) is 13.8 Å². The summed E-state index contributed by atoms with van der Waals surface area (Å²) in [4.78, 5) is 42.7. The first kappa shape index (κ1) is 26.9. The fourth-order valence-electron chi connectivity index (χ4n) is 4.22. The number of carbonyl (C=O) groups is 2. The summed E-state index contributed by atoms with van der Waals surface area (Å²) in [6.07, 6.45) is 4.56. The molecule has 1 aliphatic heterocycles. The van der Waals surface area contributed by atoms with Crippen LogP contribution in [0.5, 0.6) is 5.75 Å². The van der Waals surface area contributed by atoms with Crippen molar-refractivity contribution in [2.75, 3.05) is 37.7 Å². The van der Waals surface area contributed by atoms with E-state index in [1.807, 2.05) is 58.0 Å². The fraction of sp³-hybridized carbons (Fsp3) is 0.444. The predicted octanol–water partition coefficient (Wildman–Crippen LogP) is 2.90. The van der Waals surface area contributed by atoms with Crippen molar-refractivity contribution in [2.45, 2.75) is 46.3 Å². The van der Waals surface area contributed by atoms with Gasteiger partial charge in [0.1, 0.15) is 24.5 Å². The van der Waals surface area contributed by atoms with Gasteiger partial charge < -0.3 is 24.6 Å². The molecule has 202 valence electrons. The Labute approximate surface area is 222 Å². The van der Waals surface area contributed by atoms with E-state index in [1.54, 1.807) is 28.2 Å². The normalized spacial score (nSPS) is 15.4. The van der Waals surface area contributed by atoms with Gasteiger partial charge in [0.15, 0.2) is 0 Å². The third-order valence-electron chi connectivity index (χ3n) is 6.08. The zero-order valence-electron chi connectivity index (χ0n) is 22.3. The van der Waals surface area contributed by atoms with E-state index in [2.05, 4.69) is 20.2 Å². The largest absolute Gasteiger partial charge is 0.492 e. The summed E-state index contributed by atoms with van der Waals surface area (Å²) in [7, 11) is 0. The zero-order valence-corrected chi connectivity index (χ0v) is 22.3. The monoisotopic (exact) mass is 521 g/mol. The summed E-state index contributed by atoms with van der Waals surface area (Å²) in [6, 6.07) is 9.27. The number of benzene rings is 1. The van der Waals surface area contributed by atoms with E-state index in [9.17, 15) is 9.59 Å². The molecule has 3 heterocycles. The smallest absolute Gasteiger partial charge is 0.410 e. The summed E-state index contributed by atoms with van der Waals surface area (Å²) in [6.45, 7) is 9.64. The van der Waals surface area contributed by atoms with Gasteiger partial charge in [0.05, 0.1) is 18.7 Å². The molecule has 1 N–H and O–H groups in total. The SMILES string of the molecule is Cc1ccc(OCCNC(=O)CC2CN(c3cc(C)nc(-n4ccnc4)n3)CCN2C(=O)OC(C)C)cc1. The first-order valence-corrected chi connectivity index (χ1v) is 12.8. The maximum absolute atomic E-state index is 12.9. The van der Waals surface area contributed by atoms with Crippen molar-refractivity contribution in [3.05, 3.63) is 60.3 Å². The number of hydrogen-bond donors (Lipinski definition) is 1. The number of anilines is 1. The van der Waals surface area contributed by atoms with Crippen LogP contribution in [0.15, 0.2) is 49.1 Å². The van der Waals surface area contributed by atoms with Crippen molar-refractivity contribution >= 4 is 17.8 Å². The Balaban J connectivity index is 1.41. The number of carbonyl (C=O) groups excluding carboxylic acids is 2. The number of nitrogens with zero attached hydrogens (tertiary/aromatic N) is 6. The average Bonchev–Trinajstić information content (AvgIpc) is 3.42. The molecule has 0 radical (unpaired) electrons. The summed E-state index contributed by atoms with van der Waals surface area (Å²) < 4.78 is 12.9. The van der Waals surface area contributed by atoms with Gasteiger partial charge in [0, 0.05) is 50.2 Å². The Kier molecular flexibility index (Phi) is 8.77. The Bertz CT molecular complexity index is 1210. The molecule has 4 rings (SSSR count). The summed E-state index contributed by atoms with van der Waals surface area (Å²) in [5.41, 5.74) is 1.96. The van der Waals surface area contributed by atoms with Gasteiger partial charge in [-0.3, -0.25) is 9.36 Å². The van der Waals surface area contributed by atoms with Crippen LogP contribution in [0.3, 0.4) is 0 Å². The first-order chi connectivity index (χ1) is 18.3. The molecule has 1 aromatic carbocycles. The molecule has 1 fully saturated rings. The van der Waals surface area contributed by atoms with Gasteiger partial charge >= 0.3 is 6.09 Å². The molecule has 2 aromatic heterocycles. The maximum atomic E-state index is 12.9. The molecule has 11 heteroatoms. The molecule has 1 saturated heterocycles. The van der Waals surface area contributed by atoms with Gasteiger partial charge in [-0.15, -0.1) is 0 Å². The van der Waals surface area contributed by atoms with E-state index >= 15 is 0 Å². The second kappa shape index (κ2) is 12.4. The molecule has 0 bridgehead atoms.